The van der Waals surface area contributed by atoms with E-state index in [4.69, 9.17) is 20.6 Å². The highest BCUT2D eigenvalue weighted by molar-refractivity contribution is 6.01. The Morgan fingerprint density at radius 2 is 1.49 bits per heavy atom. The molecule has 0 atom stereocenters. The van der Waals surface area contributed by atoms with Gasteiger partial charge in [0.05, 0.1) is 5.69 Å². The molecule has 43 heavy (non-hydrogen) atoms. The van der Waals surface area contributed by atoms with E-state index in [-0.39, 0.29) is 12.3 Å². The van der Waals surface area contributed by atoms with E-state index in [1.807, 2.05) is 84.0 Å². The third kappa shape index (κ3) is 24.4. The third-order valence-corrected chi connectivity index (χ3v) is 4.91. The molecule has 9 heteroatoms. The van der Waals surface area contributed by atoms with Crippen LogP contribution in [0.4, 0.5) is 23.2 Å². The minimum Gasteiger partial charge on any atom is -0.483 e. The quantitative estimate of drug-likeness (QED) is 0.126. The van der Waals surface area contributed by atoms with Gasteiger partial charge in [-0.15, -0.1) is 0 Å². The molecule has 2 rings (SSSR count). The summed E-state index contributed by atoms with van der Waals surface area (Å²) in [6.07, 6.45) is 4.72. The largest absolute Gasteiger partial charge is 0.483 e. The molecule has 0 saturated heterocycles. The van der Waals surface area contributed by atoms with E-state index >= 15 is 0 Å². The monoisotopic (exact) mass is 611 g/mol. The first kappa shape index (κ1) is 46.1. The van der Waals surface area contributed by atoms with Crippen LogP contribution in [0.5, 0.6) is 0 Å². The molecule has 0 fully saturated rings. The molecule has 4 N–H and O–H groups in total. The predicted molar refractivity (Wildman–Crippen MR) is 177 cm³/mol. The summed E-state index contributed by atoms with van der Waals surface area (Å²) in [4.78, 5) is 13.1. The molecule has 0 aliphatic heterocycles. The van der Waals surface area contributed by atoms with Crippen LogP contribution in [0.1, 0.15) is 85.9 Å². The Kier molecular flexibility index (Phi) is 31.7. The van der Waals surface area contributed by atoms with Crippen molar-refractivity contribution in [2.24, 2.45) is 16.6 Å². The smallest absolute Gasteiger partial charge is 0.379 e. The minimum atomic E-state index is -3.67. The Hall–Kier alpha value is -3.88. The van der Waals surface area contributed by atoms with E-state index in [1.54, 1.807) is 13.1 Å². The minimum absolute atomic E-state index is 0.250. The number of nitrogens with one attached hydrogen (secondary N) is 1. The number of benzene rings is 2. The number of alkyl halides is 3. The van der Waals surface area contributed by atoms with Crippen LogP contribution in [0.3, 0.4) is 0 Å². The Labute approximate surface area is 257 Å². The number of hydrogen-bond acceptors (Lipinski definition) is 4. The summed E-state index contributed by atoms with van der Waals surface area (Å²) in [6, 6.07) is 13.0. The highest BCUT2D eigenvalue weighted by Gasteiger charge is 2.12. The number of carboxylic acid groups (broad SMARTS) is 1. The van der Waals surface area contributed by atoms with Crippen molar-refractivity contribution in [1.82, 2.24) is 5.32 Å². The number of nitrogens with two attached hydrogens (primary N) is 1. The Balaban J connectivity index is -0.000000301. The van der Waals surface area contributed by atoms with Crippen LogP contribution in [-0.2, 0) is 11.2 Å². The van der Waals surface area contributed by atoms with Crippen LogP contribution < -0.4 is 11.1 Å². The van der Waals surface area contributed by atoms with Gasteiger partial charge in [-0.1, -0.05) is 97.0 Å². The Morgan fingerprint density at radius 1 is 1.02 bits per heavy atom. The first-order chi connectivity index (χ1) is 20.2. The van der Waals surface area contributed by atoms with E-state index in [1.165, 1.54) is 11.6 Å². The summed E-state index contributed by atoms with van der Waals surface area (Å²) in [5.74, 6) is 0.190. The average Bonchev–Trinajstić information content (AvgIpc) is 2.98. The maximum absolute atomic E-state index is 13.8. The van der Waals surface area contributed by atoms with E-state index in [2.05, 4.69) is 39.6 Å². The molecule has 2 aromatic carbocycles. The van der Waals surface area contributed by atoms with Gasteiger partial charge in [0.15, 0.2) is 0 Å². The first-order valence-electron chi connectivity index (χ1n) is 14.2. The highest BCUT2D eigenvalue weighted by Crippen LogP contribution is 2.31. The molecular weight excluding hydrogens is 558 g/mol. The van der Waals surface area contributed by atoms with Crippen LogP contribution in [0.15, 0.2) is 77.5 Å². The predicted octanol–water partition coefficient (Wildman–Crippen LogP) is 10.1. The van der Waals surface area contributed by atoms with Gasteiger partial charge in [-0.05, 0) is 62.4 Å². The molecule has 0 saturated carbocycles. The summed E-state index contributed by atoms with van der Waals surface area (Å²) in [5.41, 5.74) is 12.9. The zero-order chi connectivity index (χ0) is 34.5. The fourth-order valence-corrected chi connectivity index (χ4v) is 2.79. The van der Waals surface area contributed by atoms with Crippen LogP contribution in [0, 0.1) is 11.7 Å². The molecule has 0 aliphatic carbocycles. The molecule has 244 valence electrons. The zero-order valence-electron chi connectivity index (χ0n) is 27.7. The van der Waals surface area contributed by atoms with Crippen LogP contribution in [0.2, 0.25) is 0 Å². The Morgan fingerprint density at radius 3 is 1.86 bits per heavy atom. The number of aliphatic imine (C=N–C) groups is 1. The molecule has 0 bridgehead atoms. The number of rotatable bonds is 7. The zero-order valence-corrected chi connectivity index (χ0v) is 27.7. The van der Waals surface area contributed by atoms with Crippen molar-refractivity contribution in [3.8, 4) is 0 Å². The molecular formula is C34H53F4N3O2. The van der Waals surface area contributed by atoms with Crippen molar-refractivity contribution in [3.63, 3.8) is 0 Å². The van der Waals surface area contributed by atoms with Crippen molar-refractivity contribution in [1.29, 1.82) is 0 Å². The van der Waals surface area contributed by atoms with Gasteiger partial charge in [-0.2, -0.15) is 13.2 Å². The number of allylic oxidation sites excluding steroid dienone is 4. The second-order valence-electron chi connectivity index (χ2n) is 8.52. The molecule has 0 aromatic heterocycles. The molecule has 5 nitrogen and oxygen atoms in total. The second kappa shape index (κ2) is 29.6. The molecule has 0 radical (unpaired) electrons. The van der Waals surface area contributed by atoms with E-state index in [9.17, 15) is 17.6 Å². The van der Waals surface area contributed by atoms with Gasteiger partial charge >= 0.3 is 6.68 Å². The molecule has 0 heterocycles. The van der Waals surface area contributed by atoms with Crippen LogP contribution in [-0.4, -0.2) is 31.0 Å². The maximum Gasteiger partial charge on any atom is 0.379 e. The maximum atomic E-state index is 13.8. The van der Waals surface area contributed by atoms with Crippen molar-refractivity contribution in [2.75, 3.05) is 7.05 Å². The summed E-state index contributed by atoms with van der Waals surface area (Å²) >= 11 is 0. The lowest BCUT2D eigenvalue weighted by molar-refractivity contribution is -0.122. The molecule has 0 amide bonds. The van der Waals surface area contributed by atoms with Gasteiger partial charge in [0.2, 0.25) is 0 Å². The summed E-state index contributed by atoms with van der Waals surface area (Å²) in [7, 11) is 1.77. The topological polar surface area (TPSA) is 87.7 Å². The lowest BCUT2D eigenvalue weighted by Gasteiger charge is -2.14. The van der Waals surface area contributed by atoms with Crippen molar-refractivity contribution in [3.05, 3.63) is 95.0 Å². The van der Waals surface area contributed by atoms with Crippen molar-refractivity contribution < 1.29 is 27.5 Å². The van der Waals surface area contributed by atoms with Gasteiger partial charge in [-0.3, -0.25) is 9.79 Å². The van der Waals surface area contributed by atoms with E-state index < -0.39 is 6.68 Å². The lowest BCUT2D eigenvalue weighted by Crippen LogP contribution is -2.05. The molecule has 0 aliphatic rings. The van der Waals surface area contributed by atoms with Crippen molar-refractivity contribution >= 4 is 23.6 Å². The summed E-state index contributed by atoms with van der Waals surface area (Å²) in [6.45, 7) is 20.3. The molecule has 0 unspecified atom stereocenters. The van der Waals surface area contributed by atoms with Gasteiger partial charge in [0, 0.05) is 29.7 Å². The van der Waals surface area contributed by atoms with Gasteiger partial charge < -0.3 is 16.2 Å². The summed E-state index contributed by atoms with van der Waals surface area (Å²) < 4.78 is 42.8. The number of carbonyl (C=O) groups is 1. The molecule has 0 spiro atoms. The highest BCUT2D eigenvalue weighted by atomic mass is 19.4. The van der Waals surface area contributed by atoms with Crippen LogP contribution >= 0.6 is 0 Å². The van der Waals surface area contributed by atoms with E-state index in [0.717, 1.165) is 28.2 Å². The third-order valence-electron chi connectivity index (χ3n) is 4.91. The fourth-order valence-electron chi connectivity index (χ4n) is 2.79. The number of aryl methyl sites for hydroxylation is 1. The standard InChI is InChI=1S/C19H21FN2.C9H17N.2C2H6.CHF3.CH2O2/c1-5-15-11-17(20)12-18(14(3)21-4)19(15)22-13(2)16-9-7-6-8-10-16;1-7(2)5-6-9(10)8(3)4;2*1-2;2-1(3)4;2-1-3/h6-12,21H,3,5H2,1-2,4H3;5-6,8H,10H2,1-4H3;2*1-2H3;1H;1H,(H,2,3)/b;9-6+;;;;. The number of hydrogen-bond donors (Lipinski definition) is 3. The SMILES string of the molecule is C=C(NC)c1cc(F)cc(CC)c1N=C(C)c1ccccc1.CC.CC.CC(C)=C/C=C(/N)C(C)C.FC(F)F.O=CO. The number of nitrogens with zero attached hydrogens (tertiary/aromatic N) is 1. The van der Waals surface area contributed by atoms with Gasteiger partial charge in [0.25, 0.3) is 6.47 Å². The fraction of sp³-hybridized carbons (Fsp3) is 0.412. The first-order valence-corrected chi connectivity index (χ1v) is 14.2. The van der Waals surface area contributed by atoms with Gasteiger partial charge in [0.1, 0.15) is 5.82 Å². The van der Waals surface area contributed by atoms with Crippen LogP contribution in [0.25, 0.3) is 5.70 Å². The molecule has 2 aromatic rings. The average molecular weight is 612 g/mol. The lowest BCUT2D eigenvalue weighted by atomic mass is 10.0. The summed E-state index contributed by atoms with van der Waals surface area (Å²) in [5, 5.41) is 9.87. The van der Waals surface area contributed by atoms with Gasteiger partial charge in [-0.25, -0.2) is 4.39 Å². The second-order valence-corrected chi connectivity index (χ2v) is 8.52. The van der Waals surface area contributed by atoms with Crippen molar-refractivity contribution in [2.45, 2.75) is 82.3 Å². The number of halogens is 4. The van der Waals surface area contributed by atoms with E-state index in [0.29, 0.717) is 23.6 Å². The Bertz CT molecular complexity index is 1090. The normalized spacial score (nSPS) is 9.98.